The number of amides is 3. The number of benzene rings is 1. The van der Waals surface area contributed by atoms with Gasteiger partial charge in [0.2, 0.25) is 17.7 Å². The molecule has 1 aromatic carbocycles. The molecule has 0 aliphatic heterocycles. The number of aromatic nitrogens is 2. The lowest BCUT2D eigenvalue weighted by atomic mass is 9.97. The number of nitrogens with zero attached hydrogens (tertiary/aromatic N) is 1. The zero-order valence-corrected chi connectivity index (χ0v) is 22.8. The number of carboxylic acids is 1. The molecule has 0 fully saturated rings. The van der Waals surface area contributed by atoms with Gasteiger partial charge in [-0.2, -0.15) is 0 Å². The van der Waals surface area contributed by atoms with Crippen LogP contribution in [0.1, 0.15) is 51.8 Å². The Labute approximate surface area is 228 Å². The summed E-state index contributed by atoms with van der Waals surface area (Å²) < 4.78 is 0. The van der Waals surface area contributed by atoms with Gasteiger partial charge < -0.3 is 36.9 Å². The molecule has 0 radical (unpaired) electrons. The van der Waals surface area contributed by atoms with Crippen molar-refractivity contribution in [2.45, 2.75) is 77.5 Å². The van der Waals surface area contributed by atoms with Gasteiger partial charge in [0.05, 0.1) is 12.4 Å². The van der Waals surface area contributed by atoms with Crippen LogP contribution in [0.4, 0.5) is 0 Å². The van der Waals surface area contributed by atoms with Crippen molar-refractivity contribution in [1.29, 1.82) is 0 Å². The Bertz CT molecular complexity index is 1090. The van der Waals surface area contributed by atoms with E-state index in [4.69, 9.17) is 5.73 Å². The molecule has 0 saturated heterocycles. The van der Waals surface area contributed by atoms with E-state index in [0.717, 1.165) is 0 Å². The van der Waals surface area contributed by atoms with Crippen molar-refractivity contribution in [3.05, 3.63) is 48.0 Å². The lowest BCUT2D eigenvalue weighted by molar-refractivity contribution is -0.143. The Balaban J connectivity index is 2.32. The van der Waals surface area contributed by atoms with Crippen LogP contribution in [0, 0.1) is 11.8 Å². The molecule has 8 N–H and O–H groups in total. The van der Waals surface area contributed by atoms with Gasteiger partial charge in [0, 0.05) is 24.7 Å². The molecule has 6 unspecified atom stereocenters. The first kappa shape index (κ1) is 31.3. The minimum absolute atomic E-state index is 0.0157. The van der Waals surface area contributed by atoms with Gasteiger partial charge in [0.1, 0.15) is 23.9 Å². The van der Waals surface area contributed by atoms with Gasteiger partial charge in [-0.15, -0.1) is 0 Å². The fraction of sp³-hybridized carbons (Fsp3) is 0.519. The lowest BCUT2D eigenvalue weighted by Crippen LogP contribution is -2.59. The summed E-state index contributed by atoms with van der Waals surface area (Å²) in [6.07, 6.45) is 4.22. The van der Waals surface area contributed by atoms with Crippen LogP contribution in [-0.2, 0) is 32.0 Å². The summed E-state index contributed by atoms with van der Waals surface area (Å²) in [4.78, 5) is 58.3. The molecule has 2 rings (SSSR count). The number of hydrogen-bond acceptors (Lipinski definition) is 7. The number of phenolic OH excluding ortho intramolecular Hbond substituents is 1. The third-order valence-corrected chi connectivity index (χ3v) is 6.96. The fourth-order valence-electron chi connectivity index (χ4n) is 3.89. The highest BCUT2D eigenvalue weighted by molar-refractivity contribution is 5.94. The van der Waals surface area contributed by atoms with E-state index in [1.165, 1.54) is 24.7 Å². The molecular weight excluding hydrogens is 504 g/mol. The van der Waals surface area contributed by atoms with E-state index in [1.54, 1.807) is 19.1 Å². The predicted octanol–water partition coefficient (Wildman–Crippen LogP) is 0.859. The molecule has 1 aromatic heterocycles. The second-order valence-electron chi connectivity index (χ2n) is 9.90. The number of carbonyl (C=O) groups is 4. The first-order valence-electron chi connectivity index (χ1n) is 13.1. The number of carbonyl (C=O) groups excluding carboxylic acids is 3. The van der Waals surface area contributed by atoms with E-state index in [9.17, 15) is 29.4 Å². The summed E-state index contributed by atoms with van der Waals surface area (Å²) in [6.45, 7) is 7.27. The van der Waals surface area contributed by atoms with Gasteiger partial charge in [-0.05, 0) is 29.5 Å². The first-order valence-corrected chi connectivity index (χ1v) is 13.1. The van der Waals surface area contributed by atoms with Crippen LogP contribution in [-0.4, -0.2) is 68.0 Å². The summed E-state index contributed by atoms with van der Waals surface area (Å²) >= 11 is 0. The fourth-order valence-corrected chi connectivity index (χ4v) is 3.89. The van der Waals surface area contributed by atoms with E-state index < -0.39 is 47.9 Å². The van der Waals surface area contributed by atoms with Crippen LogP contribution in [0.3, 0.4) is 0 Å². The van der Waals surface area contributed by atoms with E-state index in [1.807, 2.05) is 20.8 Å². The molecule has 6 atom stereocenters. The maximum atomic E-state index is 13.5. The summed E-state index contributed by atoms with van der Waals surface area (Å²) in [5.74, 6) is -3.47. The highest BCUT2D eigenvalue weighted by Crippen LogP contribution is 2.14. The largest absolute Gasteiger partial charge is 0.508 e. The molecule has 12 heteroatoms. The van der Waals surface area contributed by atoms with Gasteiger partial charge in [0.15, 0.2) is 0 Å². The summed E-state index contributed by atoms with van der Waals surface area (Å²) in [7, 11) is 0. The van der Waals surface area contributed by atoms with Crippen LogP contribution >= 0.6 is 0 Å². The molecule has 0 spiro atoms. The number of rotatable bonds is 15. The van der Waals surface area contributed by atoms with Crippen molar-refractivity contribution >= 4 is 23.7 Å². The van der Waals surface area contributed by atoms with Gasteiger partial charge >= 0.3 is 5.97 Å². The Morgan fingerprint density at radius 3 is 2.00 bits per heavy atom. The second-order valence-corrected chi connectivity index (χ2v) is 9.90. The summed E-state index contributed by atoms with van der Waals surface area (Å²) in [5, 5.41) is 27.2. The highest BCUT2D eigenvalue weighted by atomic mass is 16.4. The van der Waals surface area contributed by atoms with Gasteiger partial charge in [0.25, 0.3) is 0 Å². The molecule has 1 heterocycles. The highest BCUT2D eigenvalue weighted by Gasteiger charge is 2.32. The number of aromatic hydroxyl groups is 1. The van der Waals surface area contributed by atoms with E-state index in [-0.39, 0.29) is 30.4 Å². The third kappa shape index (κ3) is 9.40. The molecule has 0 aliphatic rings. The molecule has 214 valence electrons. The van der Waals surface area contributed by atoms with Gasteiger partial charge in [-0.3, -0.25) is 14.4 Å². The Hall–Kier alpha value is -3.93. The molecule has 12 nitrogen and oxygen atoms in total. The smallest absolute Gasteiger partial charge is 0.326 e. The van der Waals surface area contributed by atoms with Crippen LogP contribution in [0.2, 0.25) is 0 Å². The minimum atomic E-state index is -1.18. The van der Waals surface area contributed by atoms with Crippen molar-refractivity contribution in [2.75, 3.05) is 0 Å². The second kappa shape index (κ2) is 14.9. The van der Waals surface area contributed by atoms with Crippen LogP contribution in [0.5, 0.6) is 5.75 Å². The van der Waals surface area contributed by atoms with Gasteiger partial charge in [-0.1, -0.05) is 52.7 Å². The molecular formula is C27H40N6O6. The maximum Gasteiger partial charge on any atom is 0.326 e. The maximum absolute atomic E-state index is 13.5. The normalized spacial score (nSPS) is 15.7. The Morgan fingerprint density at radius 1 is 0.897 bits per heavy atom. The number of imidazole rings is 1. The van der Waals surface area contributed by atoms with Crippen molar-refractivity contribution in [3.63, 3.8) is 0 Å². The average Bonchev–Trinajstić information content (AvgIpc) is 3.43. The molecule has 0 bridgehead atoms. The monoisotopic (exact) mass is 544 g/mol. The quantitative estimate of drug-likeness (QED) is 0.171. The number of phenols is 1. The zero-order chi connectivity index (χ0) is 29.1. The molecule has 2 aromatic rings. The van der Waals surface area contributed by atoms with Crippen molar-refractivity contribution < 1.29 is 29.4 Å². The zero-order valence-electron chi connectivity index (χ0n) is 22.8. The molecule has 0 aliphatic carbocycles. The SMILES string of the molecule is CCC(C)C(N)C(=O)NC(Cc1cnc[nH]1)C(=O)NC(Cc1ccc(O)cc1)C(=O)NC(C(=O)O)C(C)CC. The standard InChI is InChI=1S/C27H40N6O6/c1-5-15(3)22(28)26(37)32-21(12-18-13-29-14-30-18)24(35)31-20(11-17-7-9-19(34)10-8-17)25(36)33-23(27(38)39)16(4)6-2/h7-10,13-16,20-23,34H,5-6,11-12,28H2,1-4H3,(H,29,30)(H,31,35)(H,32,37)(H,33,36)(H,38,39). The van der Waals surface area contributed by atoms with Crippen LogP contribution in [0.15, 0.2) is 36.8 Å². The van der Waals surface area contributed by atoms with Crippen molar-refractivity contribution in [3.8, 4) is 5.75 Å². The number of aromatic amines is 1. The van der Waals surface area contributed by atoms with Crippen LogP contribution < -0.4 is 21.7 Å². The number of carboxylic acid groups (broad SMARTS) is 1. The Morgan fingerprint density at radius 2 is 1.46 bits per heavy atom. The summed E-state index contributed by atoms with van der Waals surface area (Å²) in [5.41, 5.74) is 7.28. The van der Waals surface area contributed by atoms with E-state index in [0.29, 0.717) is 24.1 Å². The van der Waals surface area contributed by atoms with E-state index in [2.05, 4.69) is 25.9 Å². The van der Waals surface area contributed by atoms with Crippen molar-refractivity contribution in [2.24, 2.45) is 17.6 Å². The average molecular weight is 545 g/mol. The topological polar surface area (TPSA) is 200 Å². The third-order valence-electron chi connectivity index (χ3n) is 6.96. The number of H-pyrrole nitrogens is 1. The number of hydrogen-bond donors (Lipinski definition) is 7. The molecule has 0 saturated carbocycles. The molecule has 39 heavy (non-hydrogen) atoms. The lowest BCUT2D eigenvalue weighted by Gasteiger charge is -2.27. The van der Waals surface area contributed by atoms with Gasteiger partial charge in [-0.25, -0.2) is 9.78 Å². The predicted molar refractivity (Wildman–Crippen MR) is 144 cm³/mol. The first-order chi connectivity index (χ1) is 18.5. The minimum Gasteiger partial charge on any atom is -0.508 e. The number of nitrogens with two attached hydrogens (primary N) is 1. The molecule has 3 amide bonds. The van der Waals surface area contributed by atoms with E-state index >= 15 is 0 Å². The van der Waals surface area contributed by atoms with Crippen molar-refractivity contribution in [1.82, 2.24) is 25.9 Å². The summed E-state index contributed by atoms with van der Waals surface area (Å²) in [6, 6.07) is 1.84. The number of aliphatic carboxylic acids is 1. The Kier molecular flexibility index (Phi) is 11.9. The van der Waals surface area contributed by atoms with Crippen LogP contribution in [0.25, 0.3) is 0 Å². The number of nitrogens with one attached hydrogen (secondary N) is 4.